The molecule has 88 valence electrons. The van der Waals surface area contributed by atoms with Crippen LogP contribution in [0.3, 0.4) is 0 Å². The maximum absolute atomic E-state index is 9.66. The summed E-state index contributed by atoms with van der Waals surface area (Å²) in [7, 11) is 0. The minimum Gasteiger partial charge on any atom is -0.492 e. The molecule has 2 aromatic rings. The van der Waals surface area contributed by atoms with Crippen LogP contribution in [0, 0.1) is 5.92 Å². The van der Waals surface area contributed by atoms with Gasteiger partial charge in [0.05, 0.1) is 11.9 Å². The third kappa shape index (κ3) is 2.81. The molecular weight excluding hydrogens is 212 g/mol. The summed E-state index contributed by atoms with van der Waals surface area (Å²) >= 11 is 0. The molecule has 1 aromatic carbocycles. The summed E-state index contributed by atoms with van der Waals surface area (Å²) in [5.74, 6) is 0.486. The van der Waals surface area contributed by atoms with Gasteiger partial charge in [0, 0.05) is 5.56 Å². The molecule has 1 heterocycles. The Morgan fingerprint density at radius 3 is 2.53 bits per heavy atom. The summed E-state index contributed by atoms with van der Waals surface area (Å²) in [5.41, 5.74) is 2.49. The van der Waals surface area contributed by atoms with Crippen molar-refractivity contribution in [3.63, 3.8) is 0 Å². The summed E-state index contributed by atoms with van der Waals surface area (Å²) < 4.78 is 0. The molecule has 0 fully saturated rings. The Kier molecular flexibility index (Phi) is 3.38. The SMILES string of the molecule is CC(C)Cc1nc(-c2ccccc2)cnc1O. The standard InChI is InChI=1S/C14H16N2O/c1-10(2)8-12-14(17)15-9-13(16-12)11-6-4-3-5-7-11/h3-7,9-10H,8H2,1-2H3,(H,15,17). The van der Waals surface area contributed by atoms with E-state index in [-0.39, 0.29) is 5.88 Å². The van der Waals surface area contributed by atoms with Crippen LogP contribution in [-0.4, -0.2) is 15.1 Å². The first kappa shape index (κ1) is 11.6. The predicted molar refractivity (Wildman–Crippen MR) is 67.7 cm³/mol. The lowest BCUT2D eigenvalue weighted by Crippen LogP contribution is -2.00. The van der Waals surface area contributed by atoms with Crippen LogP contribution in [0.4, 0.5) is 0 Å². The van der Waals surface area contributed by atoms with Crippen molar-refractivity contribution in [1.82, 2.24) is 9.97 Å². The number of hydrogen-bond donors (Lipinski definition) is 1. The molecule has 2 rings (SSSR count). The van der Waals surface area contributed by atoms with Crippen LogP contribution < -0.4 is 0 Å². The van der Waals surface area contributed by atoms with Gasteiger partial charge < -0.3 is 5.11 Å². The largest absolute Gasteiger partial charge is 0.492 e. The van der Waals surface area contributed by atoms with E-state index in [4.69, 9.17) is 0 Å². The van der Waals surface area contributed by atoms with Gasteiger partial charge in [-0.05, 0) is 12.3 Å². The normalized spacial score (nSPS) is 10.8. The van der Waals surface area contributed by atoms with Crippen molar-refractivity contribution in [3.8, 4) is 17.1 Å². The molecule has 1 aromatic heterocycles. The maximum atomic E-state index is 9.66. The quantitative estimate of drug-likeness (QED) is 0.878. The van der Waals surface area contributed by atoms with Crippen molar-refractivity contribution in [1.29, 1.82) is 0 Å². The highest BCUT2D eigenvalue weighted by atomic mass is 16.3. The van der Waals surface area contributed by atoms with Crippen molar-refractivity contribution in [2.45, 2.75) is 20.3 Å². The Labute approximate surface area is 101 Å². The predicted octanol–water partition coefficient (Wildman–Crippen LogP) is 3.05. The van der Waals surface area contributed by atoms with Crippen LogP contribution >= 0.6 is 0 Å². The average molecular weight is 228 g/mol. The Balaban J connectivity index is 2.37. The maximum Gasteiger partial charge on any atom is 0.233 e. The highest BCUT2D eigenvalue weighted by Crippen LogP contribution is 2.21. The fourth-order valence-electron chi connectivity index (χ4n) is 1.69. The van der Waals surface area contributed by atoms with Crippen LogP contribution in [0.5, 0.6) is 5.88 Å². The minimum atomic E-state index is 0.0402. The highest BCUT2D eigenvalue weighted by Gasteiger charge is 2.09. The summed E-state index contributed by atoms with van der Waals surface area (Å²) in [6.07, 6.45) is 2.34. The summed E-state index contributed by atoms with van der Waals surface area (Å²) in [4.78, 5) is 8.47. The number of aromatic nitrogens is 2. The Bertz CT molecular complexity index is 495. The van der Waals surface area contributed by atoms with Gasteiger partial charge in [-0.1, -0.05) is 44.2 Å². The van der Waals surface area contributed by atoms with Crippen molar-refractivity contribution >= 4 is 0 Å². The Morgan fingerprint density at radius 1 is 1.18 bits per heavy atom. The molecule has 0 atom stereocenters. The van der Waals surface area contributed by atoms with Crippen LogP contribution in [0.25, 0.3) is 11.3 Å². The van der Waals surface area contributed by atoms with Gasteiger partial charge >= 0.3 is 0 Å². The minimum absolute atomic E-state index is 0.0402. The first-order valence-corrected chi connectivity index (χ1v) is 5.77. The lowest BCUT2D eigenvalue weighted by atomic mass is 10.1. The van der Waals surface area contributed by atoms with Gasteiger partial charge in [0.15, 0.2) is 0 Å². The summed E-state index contributed by atoms with van der Waals surface area (Å²) in [6, 6.07) is 9.87. The van der Waals surface area contributed by atoms with Gasteiger partial charge in [-0.2, -0.15) is 0 Å². The molecule has 3 heteroatoms. The van der Waals surface area contributed by atoms with Crippen LogP contribution in [-0.2, 0) is 6.42 Å². The van der Waals surface area contributed by atoms with E-state index < -0.39 is 0 Å². The molecule has 1 N–H and O–H groups in total. The Hall–Kier alpha value is -1.90. The number of rotatable bonds is 3. The van der Waals surface area contributed by atoms with Gasteiger partial charge in [0.25, 0.3) is 0 Å². The zero-order valence-electron chi connectivity index (χ0n) is 10.1. The smallest absolute Gasteiger partial charge is 0.233 e. The second-order valence-corrected chi connectivity index (χ2v) is 4.49. The van der Waals surface area contributed by atoms with Gasteiger partial charge in [-0.25, -0.2) is 9.97 Å². The van der Waals surface area contributed by atoms with Crippen molar-refractivity contribution in [2.24, 2.45) is 5.92 Å². The average Bonchev–Trinajstić information content (AvgIpc) is 2.32. The van der Waals surface area contributed by atoms with Crippen molar-refractivity contribution in [3.05, 3.63) is 42.2 Å². The molecule has 0 unspecified atom stereocenters. The van der Waals surface area contributed by atoms with Crippen LogP contribution in [0.15, 0.2) is 36.5 Å². The molecule has 17 heavy (non-hydrogen) atoms. The second kappa shape index (κ2) is 4.95. The molecule has 0 amide bonds. The zero-order chi connectivity index (χ0) is 12.3. The molecule has 0 aliphatic heterocycles. The van der Waals surface area contributed by atoms with Gasteiger partial charge in [0.1, 0.15) is 5.69 Å². The summed E-state index contributed by atoms with van der Waals surface area (Å²) in [6.45, 7) is 4.19. The first-order valence-electron chi connectivity index (χ1n) is 5.77. The van der Waals surface area contributed by atoms with E-state index in [0.717, 1.165) is 17.7 Å². The molecule has 0 saturated heterocycles. The molecular formula is C14H16N2O. The number of nitrogens with zero attached hydrogens (tertiary/aromatic N) is 2. The monoisotopic (exact) mass is 228 g/mol. The van der Waals surface area contributed by atoms with Crippen LogP contribution in [0.1, 0.15) is 19.5 Å². The highest BCUT2D eigenvalue weighted by molar-refractivity contribution is 5.58. The topological polar surface area (TPSA) is 46.0 Å². The van der Waals surface area contributed by atoms with Gasteiger partial charge in [-0.15, -0.1) is 0 Å². The van der Waals surface area contributed by atoms with Crippen molar-refractivity contribution in [2.75, 3.05) is 0 Å². The molecule has 3 nitrogen and oxygen atoms in total. The number of aromatic hydroxyl groups is 1. The number of hydrogen-bond acceptors (Lipinski definition) is 3. The van der Waals surface area contributed by atoms with E-state index in [2.05, 4.69) is 23.8 Å². The van der Waals surface area contributed by atoms with E-state index in [1.54, 1.807) is 6.20 Å². The van der Waals surface area contributed by atoms with Crippen molar-refractivity contribution < 1.29 is 5.11 Å². The van der Waals surface area contributed by atoms with E-state index in [1.807, 2.05) is 30.3 Å². The van der Waals surface area contributed by atoms with E-state index in [1.165, 1.54) is 0 Å². The van der Waals surface area contributed by atoms with E-state index in [0.29, 0.717) is 11.6 Å². The van der Waals surface area contributed by atoms with E-state index >= 15 is 0 Å². The lowest BCUT2D eigenvalue weighted by molar-refractivity contribution is 0.435. The van der Waals surface area contributed by atoms with Crippen LogP contribution in [0.2, 0.25) is 0 Å². The molecule has 0 spiro atoms. The summed E-state index contributed by atoms with van der Waals surface area (Å²) in [5, 5.41) is 9.66. The lowest BCUT2D eigenvalue weighted by Gasteiger charge is -2.08. The third-order valence-corrected chi connectivity index (χ3v) is 2.49. The van der Waals surface area contributed by atoms with E-state index in [9.17, 15) is 5.11 Å². The molecule has 0 bridgehead atoms. The molecule has 0 radical (unpaired) electrons. The molecule has 0 aliphatic carbocycles. The fourth-order valence-corrected chi connectivity index (χ4v) is 1.69. The second-order valence-electron chi connectivity index (χ2n) is 4.49. The third-order valence-electron chi connectivity index (χ3n) is 2.49. The number of benzene rings is 1. The molecule has 0 saturated carbocycles. The first-order chi connectivity index (χ1) is 8.16. The fraction of sp³-hybridized carbons (Fsp3) is 0.286. The van der Waals surface area contributed by atoms with Gasteiger partial charge in [0.2, 0.25) is 5.88 Å². The molecule has 0 aliphatic rings. The Morgan fingerprint density at radius 2 is 1.88 bits per heavy atom. The zero-order valence-corrected chi connectivity index (χ0v) is 10.1. The van der Waals surface area contributed by atoms with Gasteiger partial charge in [-0.3, -0.25) is 0 Å².